The number of halogens is 1. The number of aromatic carboxylic acids is 1. The van der Waals surface area contributed by atoms with Crippen LogP contribution < -0.4 is 5.11 Å². The number of hydrogen-bond acceptors (Lipinski definition) is 6. The van der Waals surface area contributed by atoms with Gasteiger partial charge in [0.05, 0.1) is 33.8 Å². The number of pyridine rings is 2. The van der Waals surface area contributed by atoms with Crippen LogP contribution in [0.5, 0.6) is 0 Å². The fourth-order valence-corrected chi connectivity index (χ4v) is 3.26. The molecule has 0 fully saturated rings. The Morgan fingerprint density at radius 3 is 2.54 bits per heavy atom. The Kier molecular flexibility index (Phi) is 3.76. The van der Waals surface area contributed by atoms with E-state index < -0.39 is 21.6 Å². The average molecular weight is 345 g/mol. The van der Waals surface area contributed by atoms with Crippen LogP contribution in [0.3, 0.4) is 0 Å². The Labute approximate surface area is 136 Å². The summed E-state index contributed by atoms with van der Waals surface area (Å²) in [5, 5.41) is 11.5. The summed E-state index contributed by atoms with van der Waals surface area (Å²) in [5.41, 5.74) is -0.0616. The van der Waals surface area contributed by atoms with E-state index in [0.29, 0.717) is 0 Å². The summed E-state index contributed by atoms with van der Waals surface area (Å²) in [5.74, 6) is -2.17. The van der Waals surface area contributed by atoms with Crippen LogP contribution in [-0.4, -0.2) is 30.6 Å². The molecule has 0 atom stereocenters. The normalized spacial score (nSPS) is 11.6. The van der Waals surface area contributed by atoms with Crippen molar-refractivity contribution in [3.63, 3.8) is 0 Å². The molecule has 0 amide bonds. The monoisotopic (exact) mass is 345 g/mol. The summed E-state index contributed by atoms with van der Waals surface area (Å²) in [4.78, 5) is 19.3. The Morgan fingerprint density at radius 2 is 1.88 bits per heavy atom. The topological polar surface area (TPSA) is 100 Å². The first-order valence-corrected chi connectivity index (χ1v) is 8.63. The van der Waals surface area contributed by atoms with Gasteiger partial charge >= 0.3 is 0 Å². The second-order valence-corrected chi connectivity index (χ2v) is 7.12. The quantitative estimate of drug-likeness (QED) is 0.707. The van der Waals surface area contributed by atoms with E-state index in [9.17, 15) is 22.7 Å². The first-order valence-electron chi connectivity index (χ1n) is 6.74. The SMILES string of the molecule is CS(=O)(=O)c1ccccc1-c1nc2cc(F)cnc2cc1C(=O)[O-]. The third-order valence-electron chi connectivity index (χ3n) is 3.39. The van der Waals surface area contributed by atoms with Crippen LogP contribution in [0.25, 0.3) is 22.3 Å². The van der Waals surface area contributed by atoms with Gasteiger partial charge in [0.1, 0.15) is 5.82 Å². The van der Waals surface area contributed by atoms with Crippen LogP contribution in [0.4, 0.5) is 4.39 Å². The summed E-state index contributed by atoms with van der Waals surface area (Å²) < 4.78 is 37.3. The molecule has 122 valence electrons. The van der Waals surface area contributed by atoms with Gasteiger partial charge in [0.25, 0.3) is 0 Å². The molecule has 0 aliphatic heterocycles. The van der Waals surface area contributed by atoms with Gasteiger partial charge < -0.3 is 9.90 Å². The first-order chi connectivity index (χ1) is 11.3. The zero-order valence-electron chi connectivity index (χ0n) is 12.4. The van der Waals surface area contributed by atoms with Gasteiger partial charge in [-0.2, -0.15) is 0 Å². The lowest BCUT2D eigenvalue weighted by atomic mass is 10.0. The summed E-state index contributed by atoms with van der Waals surface area (Å²) >= 11 is 0. The van der Waals surface area contributed by atoms with Gasteiger partial charge in [-0.25, -0.2) is 17.8 Å². The first kappa shape index (κ1) is 16.0. The lowest BCUT2D eigenvalue weighted by molar-refractivity contribution is -0.254. The number of sulfone groups is 1. The maximum Gasteiger partial charge on any atom is 0.176 e. The van der Waals surface area contributed by atoms with Crippen molar-refractivity contribution in [1.29, 1.82) is 0 Å². The largest absolute Gasteiger partial charge is 0.545 e. The molecule has 0 saturated carbocycles. The van der Waals surface area contributed by atoms with E-state index in [0.717, 1.165) is 18.5 Å². The molecule has 0 aliphatic rings. The highest BCUT2D eigenvalue weighted by atomic mass is 32.2. The van der Waals surface area contributed by atoms with E-state index in [1.54, 1.807) is 6.07 Å². The van der Waals surface area contributed by atoms with E-state index in [4.69, 9.17) is 0 Å². The second kappa shape index (κ2) is 5.64. The molecule has 24 heavy (non-hydrogen) atoms. The van der Waals surface area contributed by atoms with Crippen molar-refractivity contribution in [3.8, 4) is 11.3 Å². The molecular weight excluding hydrogens is 335 g/mol. The van der Waals surface area contributed by atoms with E-state index in [2.05, 4.69) is 9.97 Å². The highest BCUT2D eigenvalue weighted by Crippen LogP contribution is 2.30. The lowest BCUT2D eigenvalue weighted by Crippen LogP contribution is -2.23. The van der Waals surface area contributed by atoms with Crippen molar-refractivity contribution in [2.45, 2.75) is 4.90 Å². The van der Waals surface area contributed by atoms with Crippen LogP contribution >= 0.6 is 0 Å². The summed E-state index contributed by atoms with van der Waals surface area (Å²) in [7, 11) is -3.63. The highest BCUT2D eigenvalue weighted by molar-refractivity contribution is 7.90. The maximum atomic E-state index is 13.4. The minimum atomic E-state index is -3.63. The van der Waals surface area contributed by atoms with Gasteiger partial charge in [-0.1, -0.05) is 18.2 Å². The maximum absolute atomic E-state index is 13.4. The molecule has 8 heteroatoms. The molecule has 6 nitrogen and oxygen atoms in total. The minimum Gasteiger partial charge on any atom is -0.545 e. The number of carbonyl (C=O) groups is 1. The number of benzene rings is 1. The molecule has 2 heterocycles. The molecule has 3 aromatic rings. The van der Waals surface area contributed by atoms with Gasteiger partial charge in [-0.15, -0.1) is 0 Å². The van der Waals surface area contributed by atoms with Crippen molar-refractivity contribution in [2.24, 2.45) is 0 Å². The average Bonchev–Trinajstić information content (AvgIpc) is 2.52. The summed E-state index contributed by atoms with van der Waals surface area (Å²) in [6.07, 6.45) is 1.94. The van der Waals surface area contributed by atoms with Gasteiger partial charge in [-0.05, 0) is 12.1 Å². The number of carboxylic acids is 1. The molecule has 2 aromatic heterocycles. The Bertz CT molecular complexity index is 1080. The standard InChI is InChI=1S/C16H11FN2O4S/c1-24(22,23)14-5-3-2-4-10(14)15-11(16(20)21)7-12-13(19-15)6-9(17)8-18-12/h2-8H,1H3,(H,20,21)/p-1. The molecule has 0 saturated heterocycles. The third kappa shape index (κ3) is 2.83. The molecule has 0 bridgehead atoms. The van der Waals surface area contributed by atoms with Crippen LogP contribution in [0, 0.1) is 5.82 Å². The molecule has 0 unspecified atom stereocenters. The molecule has 0 radical (unpaired) electrons. The lowest BCUT2D eigenvalue weighted by Gasteiger charge is -2.14. The predicted molar refractivity (Wildman–Crippen MR) is 82.4 cm³/mol. The smallest absolute Gasteiger partial charge is 0.176 e. The third-order valence-corrected chi connectivity index (χ3v) is 4.55. The van der Waals surface area contributed by atoms with Crippen molar-refractivity contribution < 1.29 is 22.7 Å². The van der Waals surface area contributed by atoms with Crippen LogP contribution in [0.1, 0.15) is 10.4 Å². The summed E-state index contributed by atoms with van der Waals surface area (Å²) in [6.45, 7) is 0. The van der Waals surface area contributed by atoms with Gasteiger partial charge in [-0.3, -0.25) is 4.98 Å². The molecule has 0 aliphatic carbocycles. The van der Waals surface area contributed by atoms with Gasteiger partial charge in [0.2, 0.25) is 0 Å². The van der Waals surface area contributed by atoms with Crippen LogP contribution in [0.15, 0.2) is 47.5 Å². The van der Waals surface area contributed by atoms with Crippen molar-refractivity contribution in [1.82, 2.24) is 9.97 Å². The van der Waals surface area contributed by atoms with E-state index in [1.807, 2.05) is 0 Å². The van der Waals surface area contributed by atoms with Crippen LogP contribution in [-0.2, 0) is 9.84 Å². The van der Waals surface area contributed by atoms with Crippen molar-refractivity contribution in [2.75, 3.05) is 6.26 Å². The second-order valence-electron chi connectivity index (χ2n) is 5.13. The predicted octanol–water partition coefficient (Wildman–Crippen LogP) is 1.20. The number of rotatable bonds is 3. The van der Waals surface area contributed by atoms with E-state index in [-0.39, 0.29) is 32.7 Å². The Balaban J connectivity index is 2.41. The van der Waals surface area contributed by atoms with Gasteiger partial charge in [0, 0.05) is 23.4 Å². The number of carboxylic acid groups (broad SMARTS) is 1. The fraction of sp³-hybridized carbons (Fsp3) is 0.0625. The summed E-state index contributed by atoms with van der Waals surface area (Å²) in [6, 6.07) is 8.13. The Morgan fingerprint density at radius 1 is 1.17 bits per heavy atom. The zero-order chi connectivity index (χ0) is 17.5. The fourth-order valence-electron chi connectivity index (χ4n) is 2.37. The number of fused-ring (bicyclic) bond motifs is 1. The molecule has 3 rings (SSSR count). The number of carbonyl (C=O) groups excluding carboxylic acids is 1. The minimum absolute atomic E-state index is 0.0799. The van der Waals surface area contributed by atoms with Crippen molar-refractivity contribution >= 4 is 26.8 Å². The number of aromatic nitrogens is 2. The number of hydrogen-bond donors (Lipinski definition) is 0. The zero-order valence-corrected chi connectivity index (χ0v) is 13.2. The van der Waals surface area contributed by atoms with E-state index in [1.165, 1.54) is 24.3 Å². The Hall–Kier alpha value is -2.87. The van der Waals surface area contributed by atoms with E-state index >= 15 is 0 Å². The number of nitrogens with zero attached hydrogens (tertiary/aromatic N) is 2. The van der Waals surface area contributed by atoms with Crippen LogP contribution in [0.2, 0.25) is 0 Å². The van der Waals surface area contributed by atoms with Gasteiger partial charge in [0.15, 0.2) is 9.84 Å². The molecule has 0 spiro atoms. The highest BCUT2D eigenvalue weighted by Gasteiger charge is 2.19. The van der Waals surface area contributed by atoms with Crippen molar-refractivity contribution in [3.05, 3.63) is 54.0 Å². The molecule has 0 N–H and O–H groups in total. The molecule has 1 aromatic carbocycles. The molecular formula is C16H10FN2O4S-.